The number of rotatable bonds is 5. The third-order valence-corrected chi connectivity index (χ3v) is 3.91. The number of carbonyl (C=O) groups is 1. The lowest BCUT2D eigenvalue weighted by atomic mass is 9.87. The molecule has 1 saturated heterocycles. The first-order valence-corrected chi connectivity index (χ1v) is 6.77. The van der Waals surface area contributed by atoms with Crippen LogP contribution in [0, 0.1) is 5.41 Å². The Balaban J connectivity index is 1.98. The second kappa shape index (κ2) is 6.37. The average molecular weight is 283 g/mol. The van der Waals surface area contributed by atoms with E-state index in [2.05, 4.69) is 10.6 Å². The van der Waals surface area contributed by atoms with Crippen LogP contribution in [0.3, 0.4) is 0 Å². The van der Waals surface area contributed by atoms with Crippen molar-refractivity contribution in [1.82, 2.24) is 10.6 Å². The molecule has 1 aliphatic heterocycles. The van der Waals surface area contributed by atoms with Crippen LogP contribution in [0.15, 0.2) is 24.3 Å². The van der Waals surface area contributed by atoms with Crippen molar-refractivity contribution in [2.75, 3.05) is 26.8 Å². The standard InChI is InChI=1S/C14H19ClN2O2/c1-19-10-14(6-7-16-9-14)13(18)17-8-11-4-2-3-5-12(11)15/h2-5,16H,6-10H2,1H3,(H,17,18). The highest BCUT2D eigenvalue weighted by Crippen LogP contribution is 2.26. The van der Waals surface area contributed by atoms with Gasteiger partial charge in [-0.1, -0.05) is 29.8 Å². The zero-order chi connectivity index (χ0) is 13.7. The van der Waals surface area contributed by atoms with Gasteiger partial charge in [-0.2, -0.15) is 0 Å². The minimum atomic E-state index is -0.448. The minimum Gasteiger partial charge on any atom is -0.384 e. The smallest absolute Gasteiger partial charge is 0.230 e. The van der Waals surface area contributed by atoms with Crippen molar-refractivity contribution in [2.24, 2.45) is 5.41 Å². The summed E-state index contributed by atoms with van der Waals surface area (Å²) in [6.45, 7) is 2.40. The Morgan fingerprint density at radius 3 is 2.95 bits per heavy atom. The lowest BCUT2D eigenvalue weighted by molar-refractivity contribution is -0.133. The third kappa shape index (κ3) is 3.26. The molecule has 2 rings (SSSR count). The van der Waals surface area contributed by atoms with E-state index < -0.39 is 5.41 Å². The molecule has 1 fully saturated rings. The van der Waals surface area contributed by atoms with Crippen LogP contribution in [0.1, 0.15) is 12.0 Å². The highest BCUT2D eigenvalue weighted by molar-refractivity contribution is 6.31. The van der Waals surface area contributed by atoms with Crippen molar-refractivity contribution in [3.05, 3.63) is 34.9 Å². The summed E-state index contributed by atoms with van der Waals surface area (Å²) in [5.41, 5.74) is 0.478. The molecule has 1 atom stereocenters. The number of methoxy groups -OCH3 is 1. The Labute approximate surface area is 118 Å². The largest absolute Gasteiger partial charge is 0.384 e. The highest BCUT2D eigenvalue weighted by Gasteiger charge is 2.41. The van der Waals surface area contributed by atoms with Crippen LogP contribution in [0.4, 0.5) is 0 Å². The van der Waals surface area contributed by atoms with E-state index in [0.29, 0.717) is 24.7 Å². The summed E-state index contributed by atoms with van der Waals surface area (Å²) in [6.07, 6.45) is 0.801. The van der Waals surface area contributed by atoms with E-state index in [0.717, 1.165) is 18.5 Å². The average Bonchev–Trinajstić information content (AvgIpc) is 2.88. The Bertz CT molecular complexity index is 445. The van der Waals surface area contributed by atoms with Crippen molar-refractivity contribution in [2.45, 2.75) is 13.0 Å². The predicted molar refractivity (Wildman–Crippen MR) is 75.1 cm³/mol. The summed E-state index contributed by atoms with van der Waals surface area (Å²) in [4.78, 5) is 12.4. The van der Waals surface area contributed by atoms with Gasteiger partial charge in [0.1, 0.15) is 0 Å². The van der Waals surface area contributed by atoms with E-state index in [1.807, 2.05) is 24.3 Å². The Kier molecular flexibility index (Phi) is 4.80. The lowest BCUT2D eigenvalue weighted by Crippen LogP contribution is -2.45. The van der Waals surface area contributed by atoms with E-state index >= 15 is 0 Å². The van der Waals surface area contributed by atoms with Crippen molar-refractivity contribution in [3.8, 4) is 0 Å². The predicted octanol–water partition coefficient (Wildman–Crippen LogP) is 1.58. The monoisotopic (exact) mass is 282 g/mol. The van der Waals surface area contributed by atoms with Crippen molar-refractivity contribution >= 4 is 17.5 Å². The minimum absolute atomic E-state index is 0.0271. The number of amides is 1. The molecule has 1 amide bonds. The van der Waals surface area contributed by atoms with Crippen molar-refractivity contribution in [3.63, 3.8) is 0 Å². The second-order valence-electron chi connectivity index (χ2n) is 4.91. The number of hydrogen-bond donors (Lipinski definition) is 2. The van der Waals surface area contributed by atoms with Gasteiger partial charge in [-0.15, -0.1) is 0 Å². The molecular weight excluding hydrogens is 264 g/mol. The number of ether oxygens (including phenoxy) is 1. The summed E-state index contributed by atoms with van der Waals surface area (Å²) in [5, 5.41) is 6.86. The fraction of sp³-hybridized carbons (Fsp3) is 0.500. The van der Waals surface area contributed by atoms with Gasteiger partial charge < -0.3 is 15.4 Å². The molecule has 0 saturated carbocycles. The normalized spacial score (nSPS) is 22.4. The Hall–Kier alpha value is -1.10. The molecule has 0 aromatic heterocycles. The van der Waals surface area contributed by atoms with Crippen LogP contribution in [0.25, 0.3) is 0 Å². The molecule has 4 nitrogen and oxygen atoms in total. The fourth-order valence-electron chi connectivity index (χ4n) is 2.41. The number of nitrogens with one attached hydrogen (secondary N) is 2. The Morgan fingerprint density at radius 1 is 1.53 bits per heavy atom. The molecular formula is C14H19ClN2O2. The number of carbonyl (C=O) groups excluding carboxylic acids is 1. The van der Waals surface area contributed by atoms with Gasteiger partial charge in [-0.05, 0) is 24.6 Å². The van der Waals surface area contributed by atoms with E-state index in [-0.39, 0.29) is 5.91 Å². The van der Waals surface area contributed by atoms with E-state index in [1.165, 1.54) is 0 Å². The highest BCUT2D eigenvalue weighted by atomic mass is 35.5. The van der Waals surface area contributed by atoms with Gasteiger partial charge in [0.25, 0.3) is 0 Å². The maximum Gasteiger partial charge on any atom is 0.230 e. The first-order chi connectivity index (χ1) is 9.18. The molecule has 2 N–H and O–H groups in total. The van der Waals surface area contributed by atoms with Gasteiger partial charge in [0, 0.05) is 25.2 Å². The van der Waals surface area contributed by atoms with Gasteiger partial charge in [0.15, 0.2) is 0 Å². The second-order valence-corrected chi connectivity index (χ2v) is 5.32. The van der Waals surface area contributed by atoms with Crippen LogP contribution < -0.4 is 10.6 Å². The molecule has 1 unspecified atom stereocenters. The maximum atomic E-state index is 12.4. The first-order valence-electron chi connectivity index (χ1n) is 6.39. The number of halogens is 1. The van der Waals surface area contributed by atoms with Gasteiger partial charge in [-0.25, -0.2) is 0 Å². The lowest BCUT2D eigenvalue weighted by Gasteiger charge is -2.26. The van der Waals surface area contributed by atoms with E-state index in [9.17, 15) is 4.79 Å². The summed E-state index contributed by atoms with van der Waals surface area (Å²) in [7, 11) is 1.63. The summed E-state index contributed by atoms with van der Waals surface area (Å²) >= 11 is 6.07. The zero-order valence-corrected chi connectivity index (χ0v) is 11.8. The van der Waals surface area contributed by atoms with Crippen LogP contribution >= 0.6 is 11.6 Å². The zero-order valence-electron chi connectivity index (χ0n) is 11.0. The van der Waals surface area contributed by atoms with Gasteiger partial charge >= 0.3 is 0 Å². The summed E-state index contributed by atoms with van der Waals surface area (Å²) < 4.78 is 5.20. The maximum absolute atomic E-state index is 12.4. The summed E-state index contributed by atoms with van der Waals surface area (Å²) in [6, 6.07) is 7.53. The van der Waals surface area contributed by atoms with Gasteiger partial charge in [-0.3, -0.25) is 4.79 Å². The molecule has 1 aromatic carbocycles. The topological polar surface area (TPSA) is 50.4 Å². The van der Waals surface area contributed by atoms with Crippen molar-refractivity contribution in [1.29, 1.82) is 0 Å². The number of benzene rings is 1. The Morgan fingerprint density at radius 2 is 2.32 bits per heavy atom. The van der Waals surface area contributed by atoms with Crippen LogP contribution in [0.5, 0.6) is 0 Å². The van der Waals surface area contributed by atoms with Crippen LogP contribution in [0.2, 0.25) is 5.02 Å². The third-order valence-electron chi connectivity index (χ3n) is 3.54. The van der Waals surface area contributed by atoms with Gasteiger partial charge in [0.2, 0.25) is 5.91 Å². The van der Waals surface area contributed by atoms with Crippen molar-refractivity contribution < 1.29 is 9.53 Å². The molecule has 5 heteroatoms. The molecule has 0 spiro atoms. The van der Waals surface area contributed by atoms with Crippen LogP contribution in [-0.4, -0.2) is 32.7 Å². The molecule has 1 heterocycles. The molecule has 0 bridgehead atoms. The molecule has 0 radical (unpaired) electrons. The molecule has 1 aromatic rings. The SMILES string of the molecule is COCC1(C(=O)NCc2ccccc2Cl)CCNC1. The fourth-order valence-corrected chi connectivity index (χ4v) is 2.61. The van der Waals surface area contributed by atoms with Crippen LogP contribution in [-0.2, 0) is 16.1 Å². The van der Waals surface area contributed by atoms with E-state index in [1.54, 1.807) is 7.11 Å². The van der Waals surface area contributed by atoms with Gasteiger partial charge in [0.05, 0.1) is 12.0 Å². The number of hydrogen-bond acceptors (Lipinski definition) is 3. The molecule has 0 aliphatic carbocycles. The summed E-state index contributed by atoms with van der Waals surface area (Å²) in [5.74, 6) is 0.0271. The first kappa shape index (κ1) is 14.3. The molecule has 19 heavy (non-hydrogen) atoms. The quantitative estimate of drug-likeness (QED) is 0.862. The van der Waals surface area contributed by atoms with E-state index in [4.69, 9.17) is 16.3 Å². The molecule has 1 aliphatic rings. The molecule has 104 valence electrons.